The smallest absolute Gasteiger partial charge is 0.416 e. The van der Waals surface area contributed by atoms with Crippen molar-refractivity contribution in [2.75, 3.05) is 5.43 Å². The van der Waals surface area contributed by atoms with Gasteiger partial charge in [0.05, 0.1) is 15.5 Å². The third-order valence-electron chi connectivity index (χ3n) is 3.95. The molecule has 3 rings (SSSR count). The lowest BCUT2D eigenvalue weighted by Crippen LogP contribution is -2.30. The van der Waals surface area contributed by atoms with E-state index in [1.54, 1.807) is 25.1 Å². The summed E-state index contributed by atoms with van der Waals surface area (Å²) in [5.74, 6) is -0.871. The quantitative estimate of drug-likeness (QED) is 0.459. The van der Waals surface area contributed by atoms with Gasteiger partial charge in [0.25, 0.3) is 5.69 Å². The lowest BCUT2D eigenvalue weighted by molar-refractivity contribution is -0.384. The highest BCUT2D eigenvalue weighted by Crippen LogP contribution is 2.35. The number of nitro benzene ring substituents is 1. The molecule has 0 atom stereocenters. The molecule has 0 aliphatic rings. The number of hydrogen-bond donors (Lipinski definition) is 2. The van der Waals surface area contributed by atoms with Crippen LogP contribution >= 0.6 is 11.6 Å². The van der Waals surface area contributed by atoms with E-state index >= 15 is 0 Å². The van der Waals surface area contributed by atoms with Crippen LogP contribution in [0.15, 0.2) is 40.8 Å². The van der Waals surface area contributed by atoms with E-state index in [0.717, 1.165) is 6.07 Å². The van der Waals surface area contributed by atoms with E-state index in [-0.39, 0.29) is 11.4 Å². The number of alkyl halides is 3. The van der Waals surface area contributed by atoms with Crippen molar-refractivity contribution in [3.05, 3.63) is 68.4 Å². The minimum absolute atomic E-state index is 0.0924. The second kappa shape index (κ2) is 7.04. The SMILES string of the molecule is Cc1c(C(=O)NNc2ccc(C(F)(F)F)cc2[N+](=O)[O-])oc2c(Cl)cccc12. The molecule has 0 unspecified atom stereocenters. The van der Waals surface area contributed by atoms with Crippen molar-refractivity contribution in [2.45, 2.75) is 13.1 Å². The van der Waals surface area contributed by atoms with Gasteiger partial charge in [0.2, 0.25) is 0 Å². The molecule has 0 fully saturated rings. The number of furan rings is 1. The van der Waals surface area contributed by atoms with Crippen LogP contribution in [0.1, 0.15) is 21.7 Å². The van der Waals surface area contributed by atoms with Crippen molar-refractivity contribution in [1.82, 2.24) is 5.43 Å². The summed E-state index contributed by atoms with van der Waals surface area (Å²) in [5, 5.41) is 12.0. The molecule has 1 heterocycles. The van der Waals surface area contributed by atoms with Crippen LogP contribution in [0.4, 0.5) is 24.5 Å². The summed E-state index contributed by atoms with van der Waals surface area (Å²) in [6, 6.07) is 6.85. The number of para-hydroxylation sites is 1. The minimum atomic E-state index is -4.74. The first-order chi connectivity index (χ1) is 13.1. The molecule has 2 N–H and O–H groups in total. The Morgan fingerprint density at radius 2 is 1.96 bits per heavy atom. The Balaban J connectivity index is 1.86. The summed E-state index contributed by atoms with van der Waals surface area (Å²) in [6.45, 7) is 1.62. The molecule has 146 valence electrons. The number of nitrogens with one attached hydrogen (secondary N) is 2. The lowest BCUT2D eigenvalue weighted by Gasteiger charge is -2.11. The van der Waals surface area contributed by atoms with Crippen LogP contribution in [-0.4, -0.2) is 10.8 Å². The van der Waals surface area contributed by atoms with E-state index < -0.39 is 28.3 Å². The maximum absolute atomic E-state index is 12.7. The maximum Gasteiger partial charge on any atom is 0.416 e. The van der Waals surface area contributed by atoms with Gasteiger partial charge in [0.15, 0.2) is 11.3 Å². The largest absolute Gasteiger partial charge is 0.449 e. The highest BCUT2D eigenvalue weighted by Gasteiger charge is 2.33. The van der Waals surface area contributed by atoms with Crippen LogP contribution in [0.5, 0.6) is 0 Å². The average molecular weight is 414 g/mol. The summed E-state index contributed by atoms with van der Waals surface area (Å²) < 4.78 is 43.7. The zero-order chi connectivity index (χ0) is 20.6. The monoisotopic (exact) mass is 413 g/mol. The summed E-state index contributed by atoms with van der Waals surface area (Å²) >= 11 is 6.02. The molecule has 1 amide bonds. The fourth-order valence-electron chi connectivity index (χ4n) is 2.57. The Kier molecular flexibility index (Phi) is 4.90. The van der Waals surface area contributed by atoms with E-state index in [0.29, 0.717) is 33.7 Å². The molecule has 0 radical (unpaired) electrons. The number of benzene rings is 2. The van der Waals surface area contributed by atoms with Gasteiger partial charge in [0, 0.05) is 17.0 Å². The lowest BCUT2D eigenvalue weighted by atomic mass is 10.1. The molecule has 0 aliphatic heterocycles. The number of hydrogen-bond acceptors (Lipinski definition) is 5. The van der Waals surface area contributed by atoms with Crippen molar-refractivity contribution < 1.29 is 27.3 Å². The van der Waals surface area contributed by atoms with Gasteiger partial charge in [-0.15, -0.1) is 0 Å². The number of anilines is 1. The van der Waals surface area contributed by atoms with E-state index in [9.17, 15) is 28.1 Å². The predicted molar refractivity (Wildman–Crippen MR) is 95.1 cm³/mol. The second-order valence-corrected chi connectivity index (χ2v) is 6.15. The van der Waals surface area contributed by atoms with Gasteiger partial charge < -0.3 is 4.42 Å². The van der Waals surface area contributed by atoms with E-state index in [2.05, 4.69) is 10.9 Å². The zero-order valence-corrected chi connectivity index (χ0v) is 14.8. The molecule has 11 heteroatoms. The highest BCUT2D eigenvalue weighted by molar-refractivity contribution is 6.35. The molecule has 28 heavy (non-hydrogen) atoms. The number of nitrogens with zero attached hydrogens (tertiary/aromatic N) is 1. The third-order valence-corrected chi connectivity index (χ3v) is 4.25. The van der Waals surface area contributed by atoms with E-state index in [1.807, 2.05) is 0 Å². The number of carbonyl (C=O) groups excluding carboxylic acids is 1. The number of carbonyl (C=O) groups is 1. The zero-order valence-electron chi connectivity index (χ0n) is 14.1. The van der Waals surface area contributed by atoms with Crippen LogP contribution in [-0.2, 0) is 6.18 Å². The van der Waals surface area contributed by atoms with E-state index in [1.165, 1.54) is 0 Å². The molecule has 3 aromatic rings. The van der Waals surface area contributed by atoms with Crippen LogP contribution in [0.3, 0.4) is 0 Å². The van der Waals surface area contributed by atoms with Gasteiger partial charge in [-0.2, -0.15) is 13.2 Å². The van der Waals surface area contributed by atoms with Crippen LogP contribution in [0.25, 0.3) is 11.0 Å². The summed E-state index contributed by atoms with van der Waals surface area (Å²) in [6.07, 6.45) is -4.74. The fourth-order valence-corrected chi connectivity index (χ4v) is 2.78. The first kappa shape index (κ1) is 19.5. The van der Waals surface area contributed by atoms with Gasteiger partial charge in [0.1, 0.15) is 5.69 Å². The Labute approximate surface area is 160 Å². The number of halogens is 4. The third kappa shape index (κ3) is 3.58. The van der Waals surface area contributed by atoms with Crippen LogP contribution in [0.2, 0.25) is 5.02 Å². The van der Waals surface area contributed by atoms with Crippen molar-refractivity contribution in [3.8, 4) is 0 Å². The predicted octanol–water partition coefficient (Wildman–Crippen LogP) is 5.08. The number of fused-ring (bicyclic) bond motifs is 1. The van der Waals surface area contributed by atoms with Crippen molar-refractivity contribution in [2.24, 2.45) is 0 Å². The first-order valence-electron chi connectivity index (χ1n) is 7.69. The molecular weight excluding hydrogens is 403 g/mol. The van der Waals surface area contributed by atoms with Gasteiger partial charge in [-0.1, -0.05) is 23.7 Å². The van der Waals surface area contributed by atoms with Crippen molar-refractivity contribution in [3.63, 3.8) is 0 Å². The number of aryl methyl sites for hydroxylation is 1. The highest BCUT2D eigenvalue weighted by atomic mass is 35.5. The minimum Gasteiger partial charge on any atom is -0.449 e. The normalized spacial score (nSPS) is 11.5. The average Bonchev–Trinajstić information content (AvgIpc) is 2.97. The molecule has 2 aromatic carbocycles. The topological polar surface area (TPSA) is 97.4 Å². The van der Waals surface area contributed by atoms with Gasteiger partial charge in [-0.05, 0) is 25.1 Å². The number of amides is 1. The van der Waals surface area contributed by atoms with Gasteiger partial charge >= 0.3 is 12.1 Å². The Bertz CT molecular complexity index is 1100. The molecular formula is C17H11ClF3N3O4. The Morgan fingerprint density at radius 3 is 2.57 bits per heavy atom. The Morgan fingerprint density at radius 1 is 1.25 bits per heavy atom. The molecule has 7 nitrogen and oxygen atoms in total. The number of rotatable bonds is 4. The summed E-state index contributed by atoms with van der Waals surface area (Å²) in [4.78, 5) is 22.5. The standard InChI is InChI=1S/C17H11ClF3N3O4/c1-8-10-3-2-4-11(18)15(10)28-14(8)16(25)23-22-12-6-5-9(17(19,20)21)7-13(12)24(26)27/h2-7,22H,1H3,(H,23,25). The van der Waals surface area contributed by atoms with Crippen molar-refractivity contribution >= 4 is 39.9 Å². The van der Waals surface area contributed by atoms with Crippen LogP contribution < -0.4 is 10.9 Å². The van der Waals surface area contributed by atoms with E-state index in [4.69, 9.17) is 16.0 Å². The number of nitro groups is 1. The molecule has 0 aliphatic carbocycles. The molecule has 0 saturated heterocycles. The summed E-state index contributed by atoms with van der Waals surface area (Å²) in [5.41, 5.74) is 2.87. The molecule has 1 aromatic heterocycles. The molecule has 0 spiro atoms. The van der Waals surface area contributed by atoms with Crippen molar-refractivity contribution in [1.29, 1.82) is 0 Å². The van der Waals surface area contributed by atoms with Gasteiger partial charge in [-0.25, -0.2) is 0 Å². The Hall–Kier alpha value is -3.27. The molecule has 0 saturated carbocycles. The van der Waals surface area contributed by atoms with Gasteiger partial charge in [-0.3, -0.25) is 25.8 Å². The summed E-state index contributed by atoms with van der Waals surface area (Å²) in [7, 11) is 0. The molecule has 0 bridgehead atoms. The number of hydrazine groups is 1. The maximum atomic E-state index is 12.7. The first-order valence-corrected chi connectivity index (χ1v) is 8.07. The fraction of sp³-hybridized carbons (Fsp3) is 0.118. The van der Waals surface area contributed by atoms with Crippen LogP contribution in [0, 0.1) is 17.0 Å². The second-order valence-electron chi connectivity index (χ2n) is 5.74.